The molecule has 0 aliphatic carbocycles. The third-order valence-corrected chi connectivity index (χ3v) is 4.03. The Balaban J connectivity index is 1.85. The number of methoxy groups -OCH3 is 1. The Kier molecular flexibility index (Phi) is 2.85. The van der Waals surface area contributed by atoms with E-state index in [9.17, 15) is 5.11 Å². The first-order chi connectivity index (χ1) is 10.8. The molecule has 0 unspecified atom stereocenters. The van der Waals surface area contributed by atoms with Crippen molar-refractivity contribution in [3.05, 3.63) is 42.6 Å². The molecule has 0 spiro atoms. The van der Waals surface area contributed by atoms with Gasteiger partial charge in [0.2, 0.25) is 5.88 Å². The van der Waals surface area contributed by atoms with Crippen molar-refractivity contribution in [1.29, 1.82) is 0 Å². The van der Waals surface area contributed by atoms with E-state index >= 15 is 0 Å². The van der Waals surface area contributed by atoms with E-state index in [1.165, 1.54) is 0 Å². The molecule has 5 heteroatoms. The van der Waals surface area contributed by atoms with Crippen LogP contribution in [0, 0.1) is 0 Å². The van der Waals surface area contributed by atoms with E-state index in [4.69, 9.17) is 4.74 Å². The summed E-state index contributed by atoms with van der Waals surface area (Å²) < 4.78 is 7.02. The molecule has 3 aromatic rings. The van der Waals surface area contributed by atoms with Gasteiger partial charge in [-0.2, -0.15) is 0 Å². The standard InChI is InChI=1S/C17H17N3O2/c1-22-13-4-2-11-10-20(17(21)14(11)9-13)12-3-5-15-16(8-12)19-7-6-18-15/h2-5,8-10,18-19,21H,6-7H2,1H3. The van der Waals surface area contributed by atoms with Crippen molar-refractivity contribution in [2.24, 2.45) is 0 Å². The highest BCUT2D eigenvalue weighted by Gasteiger charge is 2.13. The van der Waals surface area contributed by atoms with Crippen LogP contribution >= 0.6 is 0 Å². The molecule has 5 nitrogen and oxygen atoms in total. The molecular weight excluding hydrogens is 278 g/mol. The van der Waals surface area contributed by atoms with Crippen molar-refractivity contribution in [2.75, 3.05) is 30.8 Å². The molecule has 112 valence electrons. The SMILES string of the molecule is COc1ccc2cn(-c3ccc4c(c3)NCCN4)c(O)c2c1. The minimum atomic E-state index is 0.220. The van der Waals surface area contributed by atoms with E-state index in [1.807, 2.05) is 42.6 Å². The molecule has 3 N–H and O–H groups in total. The largest absolute Gasteiger partial charge is 0.497 e. The van der Waals surface area contributed by atoms with Crippen LogP contribution in [0.25, 0.3) is 16.5 Å². The van der Waals surface area contributed by atoms with E-state index in [0.29, 0.717) is 0 Å². The van der Waals surface area contributed by atoms with Gasteiger partial charge in [-0.3, -0.25) is 4.57 Å². The van der Waals surface area contributed by atoms with Gasteiger partial charge in [0.15, 0.2) is 0 Å². The van der Waals surface area contributed by atoms with Crippen LogP contribution in [0.3, 0.4) is 0 Å². The van der Waals surface area contributed by atoms with Crippen molar-refractivity contribution in [1.82, 2.24) is 4.57 Å². The molecule has 1 aliphatic heterocycles. The highest BCUT2D eigenvalue weighted by atomic mass is 16.5. The van der Waals surface area contributed by atoms with Crippen LogP contribution in [0.2, 0.25) is 0 Å². The first kappa shape index (κ1) is 12.9. The summed E-state index contributed by atoms with van der Waals surface area (Å²) in [5.41, 5.74) is 3.06. The second-order valence-corrected chi connectivity index (χ2v) is 5.36. The number of aromatic nitrogens is 1. The summed E-state index contributed by atoms with van der Waals surface area (Å²) in [7, 11) is 1.62. The van der Waals surface area contributed by atoms with Gasteiger partial charge in [-0.25, -0.2) is 0 Å². The summed E-state index contributed by atoms with van der Waals surface area (Å²) in [6.45, 7) is 1.82. The number of hydrogen-bond donors (Lipinski definition) is 3. The normalized spacial score (nSPS) is 13.3. The Morgan fingerprint density at radius 2 is 1.86 bits per heavy atom. The molecule has 22 heavy (non-hydrogen) atoms. The lowest BCUT2D eigenvalue weighted by Crippen LogP contribution is -2.20. The summed E-state index contributed by atoms with van der Waals surface area (Å²) in [6.07, 6.45) is 1.93. The molecule has 1 aromatic heterocycles. The zero-order chi connectivity index (χ0) is 15.1. The molecule has 0 atom stereocenters. The van der Waals surface area contributed by atoms with Crippen LogP contribution < -0.4 is 15.4 Å². The van der Waals surface area contributed by atoms with E-state index in [2.05, 4.69) is 10.6 Å². The van der Waals surface area contributed by atoms with Crippen LogP contribution in [0.1, 0.15) is 0 Å². The lowest BCUT2D eigenvalue weighted by atomic mass is 10.2. The molecule has 0 amide bonds. The van der Waals surface area contributed by atoms with Crippen molar-refractivity contribution in [2.45, 2.75) is 0 Å². The van der Waals surface area contributed by atoms with E-state index < -0.39 is 0 Å². The highest BCUT2D eigenvalue weighted by molar-refractivity contribution is 5.90. The van der Waals surface area contributed by atoms with Crippen LogP contribution in [0.5, 0.6) is 11.6 Å². The summed E-state index contributed by atoms with van der Waals surface area (Å²) in [5.74, 6) is 0.953. The second kappa shape index (κ2) is 4.87. The number of benzene rings is 2. The number of hydrogen-bond acceptors (Lipinski definition) is 4. The summed E-state index contributed by atoms with van der Waals surface area (Å²) in [6, 6.07) is 11.7. The first-order valence-corrected chi connectivity index (χ1v) is 7.26. The van der Waals surface area contributed by atoms with Crippen molar-refractivity contribution in [3.63, 3.8) is 0 Å². The topological polar surface area (TPSA) is 58.5 Å². The van der Waals surface area contributed by atoms with Gasteiger partial charge < -0.3 is 20.5 Å². The second-order valence-electron chi connectivity index (χ2n) is 5.36. The minimum Gasteiger partial charge on any atom is -0.497 e. The quantitative estimate of drug-likeness (QED) is 0.679. The number of ether oxygens (including phenoxy) is 1. The van der Waals surface area contributed by atoms with Crippen LogP contribution in [0.4, 0.5) is 11.4 Å². The maximum Gasteiger partial charge on any atom is 0.203 e. The number of nitrogens with one attached hydrogen (secondary N) is 2. The molecule has 0 radical (unpaired) electrons. The summed E-state index contributed by atoms with van der Waals surface area (Å²) in [5, 5.41) is 19.0. The van der Waals surface area contributed by atoms with E-state index in [-0.39, 0.29) is 5.88 Å². The molecule has 0 fully saturated rings. The monoisotopic (exact) mass is 295 g/mol. The Hall–Kier alpha value is -2.82. The maximum absolute atomic E-state index is 10.5. The molecular formula is C17H17N3O2. The molecule has 1 aliphatic rings. The highest BCUT2D eigenvalue weighted by Crippen LogP contribution is 2.35. The fourth-order valence-electron chi connectivity index (χ4n) is 2.87. The predicted octanol–water partition coefficient (Wildman–Crippen LogP) is 3.18. The van der Waals surface area contributed by atoms with Gasteiger partial charge >= 0.3 is 0 Å². The number of fused-ring (bicyclic) bond motifs is 2. The zero-order valence-electron chi connectivity index (χ0n) is 12.3. The van der Waals surface area contributed by atoms with Crippen molar-refractivity contribution in [3.8, 4) is 17.3 Å². The Morgan fingerprint density at radius 3 is 2.68 bits per heavy atom. The van der Waals surface area contributed by atoms with Crippen molar-refractivity contribution < 1.29 is 9.84 Å². The Labute approximate surface area is 128 Å². The van der Waals surface area contributed by atoms with Gasteiger partial charge in [0.25, 0.3) is 0 Å². The van der Waals surface area contributed by atoms with Gasteiger partial charge in [0, 0.05) is 30.1 Å². The van der Waals surface area contributed by atoms with Gasteiger partial charge in [-0.15, -0.1) is 0 Å². The fourth-order valence-corrected chi connectivity index (χ4v) is 2.87. The smallest absolute Gasteiger partial charge is 0.203 e. The van der Waals surface area contributed by atoms with E-state index in [0.717, 1.165) is 46.7 Å². The number of nitrogens with zero attached hydrogens (tertiary/aromatic N) is 1. The van der Waals surface area contributed by atoms with Crippen molar-refractivity contribution >= 4 is 22.1 Å². The summed E-state index contributed by atoms with van der Waals surface area (Å²) in [4.78, 5) is 0. The van der Waals surface area contributed by atoms with Crippen LogP contribution in [-0.4, -0.2) is 29.9 Å². The Morgan fingerprint density at radius 1 is 1.05 bits per heavy atom. The van der Waals surface area contributed by atoms with Crippen LogP contribution in [0.15, 0.2) is 42.6 Å². The number of rotatable bonds is 2. The summed E-state index contributed by atoms with van der Waals surface area (Å²) >= 11 is 0. The molecule has 2 heterocycles. The third-order valence-electron chi connectivity index (χ3n) is 4.03. The van der Waals surface area contributed by atoms with Crippen LogP contribution in [-0.2, 0) is 0 Å². The third kappa shape index (κ3) is 1.94. The first-order valence-electron chi connectivity index (χ1n) is 7.26. The van der Waals surface area contributed by atoms with Gasteiger partial charge in [0.05, 0.1) is 24.2 Å². The molecule has 0 bridgehead atoms. The average molecular weight is 295 g/mol. The minimum absolute atomic E-state index is 0.220. The maximum atomic E-state index is 10.5. The van der Waals surface area contributed by atoms with Gasteiger partial charge in [0.1, 0.15) is 5.75 Å². The van der Waals surface area contributed by atoms with Gasteiger partial charge in [-0.05, 0) is 36.4 Å². The molecule has 2 aromatic carbocycles. The molecule has 0 saturated carbocycles. The average Bonchev–Trinajstić information content (AvgIpc) is 2.90. The van der Waals surface area contributed by atoms with E-state index in [1.54, 1.807) is 11.7 Å². The lowest BCUT2D eigenvalue weighted by molar-refractivity contribution is 0.414. The number of anilines is 2. The lowest BCUT2D eigenvalue weighted by Gasteiger charge is -2.20. The fraction of sp³-hybridized carbons (Fsp3) is 0.176. The number of aromatic hydroxyl groups is 1. The predicted molar refractivity (Wildman–Crippen MR) is 88.5 cm³/mol. The Bertz CT molecular complexity index is 854. The zero-order valence-corrected chi connectivity index (χ0v) is 12.3. The molecule has 0 saturated heterocycles. The molecule has 4 rings (SSSR count). The van der Waals surface area contributed by atoms with Gasteiger partial charge in [-0.1, -0.05) is 0 Å².